The number of fused-ring (bicyclic) bond motifs is 2. The summed E-state index contributed by atoms with van der Waals surface area (Å²) >= 11 is 2.32. The van der Waals surface area contributed by atoms with E-state index in [1.165, 1.54) is 31.0 Å². The van der Waals surface area contributed by atoms with Crippen LogP contribution in [0, 0.1) is 0 Å². The van der Waals surface area contributed by atoms with Crippen molar-refractivity contribution < 1.29 is 38.8 Å². The number of oxime groups is 1. The smallest absolute Gasteiger partial charge is 0.350 e. The lowest BCUT2D eigenvalue weighted by molar-refractivity contribution is -0.663. The number of nitrogens with two attached hydrogens (primary N) is 2. The van der Waals surface area contributed by atoms with Crippen molar-refractivity contribution >= 4 is 74.6 Å². The fraction of sp³-hybridized carbons (Fsp3) is 0.351. The van der Waals surface area contributed by atoms with Gasteiger partial charge < -0.3 is 46.5 Å². The van der Waals surface area contributed by atoms with Crippen molar-refractivity contribution in [2.24, 2.45) is 15.9 Å². The molecule has 2 fully saturated rings. The van der Waals surface area contributed by atoms with E-state index in [4.69, 9.17) is 21.3 Å². The summed E-state index contributed by atoms with van der Waals surface area (Å²) in [7, 11) is 0. The maximum atomic E-state index is 13.5. The zero-order valence-electron chi connectivity index (χ0n) is 30.5. The van der Waals surface area contributed by atoms with Gasteiger partial charge in [-0.05, 0) is 44.9 Å². The van der Waals surface area contributed by atoms with E-state index in [1.54, 1.807) is 0 Å². The number of hydrogen-bond acceptors (Lipinski definition) is 13. The highest BCUT2D eigenvalue weighted by molar-refractivity contribution is 8.00. The Morgan fingerprint density at radius 2 is 2.00 bits per heavy atom. The predicted octanol–water partition coefficient (Wildman–Crippen LogP) is 0.161. The van der Waals surface area contributed by atoms with Gasteiger partial charge in [0.25, 0.3) is 11.8 Å². The van der Waals surface area contributed by atoms with Crippen LogP contribution in [0.15, 0.2) is 81.7 Å². The highest BCUT2D eigenvalue weighted by Gasteiger charge is 2.53. The number of carbonyl (C=O) groups is 4. The molecule has 17 nitrogen and oxygen atoms in total. The van der Waals surface area contributed by atoms with E-state index < -0.39 is 46.5 Å². The molecule has 7 rings (SSSR count). The summed E-state index contributed by atoms with van der Waals surface area (Å²) in [5, 5.41) is 32.5. The Kier molecular flexibility index (Phi) is 10.8. The van der Waals surface area contributed by atoms with Crippen LogP contribution >= 0.6 is 23.1 Å². The second-order valence-electron chi connectivity index (χ2n) is 14.1. The van der Waals surface area contributed by atoms with Gasteiger partial charge in [-0.1, -0.05) is 29.4 Å². The SMILES string of the molecule is CC(C)(O/N=C(\C(=O)N[C@@H]1C(=O)N2C(C(=O)[O-])=C(C[n+]3cccc4c3ccn4Cc3ccc(C(N)=NC4CCCNC4)cc3)CS[C@H]12)c1csc(N)n1)C(=O)O. The minimum absolute atomic E-state index is 0.0139. The van der Waals surface area contributed by atoms with Crippen LogP contribution in [-0.2, 0) is 37.1 Å². The number of amidine groups is 1. The Balaban J connectivity index is 1.06. The van der Waals surface area contributed by atoms with E-state index in [-0.39, 0.29) is 34.9 Å². The minimum Gasteiger partial charge on any atom is -0.543 e. The van der Waals surface area contributed by atoms with Gasteiger partial charge >= 0.3 is 5.97 Å². The van der Waals surface area contributed by atoms with Crippen molar-refractivity contribution in [1.29, 1.82) is 0 Å². The van der Waals surface area contributed by atoms with Crippen molar-refractivity contribution in [3.63, 3.8) is 0 Å². The second-order valence-corrected chi connectivity index (χ2v) is 16.1. The number of aromatic nitrogens is 3. The van der Waals surface area contributed by atoms with Gasteiger partial charge in [0.1, 0.15) is 28.5 Å². The van der Waals surface area contributed by atoms with Crippen molar-refractivity contribution in [3.05, 3.63) is 88.3 Å². The van der Waals surface area contributed by atoms with Crippen molar-refractivity contribution in [2.75, 3.05) is 24.6 Å². The molecule has 56 heavy (non-hydrogen) atoms. The zero-order valence-corrected chi connectivity index (χ0v) is 32.1. The third-order valence-electron chi connectivity index (χ3n) is 9.76. The number of carboxylic acids is 2. The molecule has 3 aliphatic rings. The van der Waals surface area contributed by atoms with Crippen LogP contribution in [0.5, 0.6) is 0 Å². The van der Waals surface area contributed by atoms with Gasteiger partial charge in [-0.15, -0.1) is 23.1 Å². The Labute approximate surface area is 329 Å². The molecule has 19 heteroatoms. The molecule has 292 valence electrons. The van der Waals surface area contributed by atoms with Gasteiger partial charge in [-0.2, -0.15) is 4.57 Å². The highest BCUT2D eigenvalue weighted by atomic mass is 32.2. The monoisotopic (exact) mass is 800 g/mol. The summed E-state index contributed by atoms with van der Waals surface area (Å²) in [6, 6.07) is 12.9. The lowest BCUT2D eigenvalue weighted by Gasteiger charge is -2.50. The first-order valence-electron chi connectivity index (χ1n) is 17.8. The van der Waals surface area contributed by atoms with Gasteiger partial charge in [0, 0.05) is 53.7 Å². The number of nitrogen functional groups attached to an aromatic ring is 1. The van der Waals surface area contributed by atoms with E-state index in [1.807, 2.05) is 59.4 Å². The number of thiazole rings is 1. The van der Waals surface area contributed by atoms with Crippen molar-refractivity contribution in [2.45, 2.75) is 62.8 Å². The topological polar surface area (TPSA) is 247 Å². The Hall–Kier alpha value is -5.79. The standard InChI is InChI=1S/C37H40N10O7S2/c1-37(2,35(52)53)54-44-27(24-19-56-36(39)42-24)31(48)43-28-32(49)47-29(34(50)51)22(18-55-33(28)47)17-45-13-4-6-25-26(45)11-14-46(25)16-20-7-9-21(10-8-20)30(38)41-23-5-3-12-40-15-23/h4,6-11,13-14,19,23,28,33,40H,3,5,12,15-18H2,1-2H3,(H6-,38,39,41,42,43,48,50,51,52,53)/b44-27-/t23?,28-,33-/m1/s1. The lowest BCUT2D eigenvalue weighted by atomic mass is 10.0. The zero-order chi connectivity index (χ0) is 39.7. The van der Waals surface area contributed by atoms with Crippen LogP contribution in [0.25, 0.3) is 11.0 Å². The average molecular weight is 801 g/mol. The molecule has 0 aliphatic carbocycles. The molecule has 3 aliphatic heterocycles. The summed E-state index contributed by atoms with van der Waals surface area (Å²) in [6.45, 7) is 5.10. The molecule has 0 saturated carbocycles. The van der Waals surface area contributed by atoms with Gasteiger partial charge in [0.2, 0.25) is 11.1 Å². The van der Waals surface area contributed by atoms with Gasteiger partial charge in [-0.25, -0.2) is 9.78 Å². The molecule has 2 saturated heterocycles. The maximum absolute atomic E-state index is 13.5. The first kappa shape index (κ1) is 38.5. The molecule has 3 aromatic heterocycles. The third kappa shape index (κ3) is 7.82. The molecule has 0 spiro atoms. The molecule has 6 heterocycles. The number of pyridine rings is 1. The van der Waals surface area contributed by atoms with Crippen LogP contribution in [-0.4, -0.2) is 96.8 Å². The number of thioether (sulfide) groups is 1. The van der Waals surface area contributed by atoms with Crippen molar-refractivity contribution in [1.82, 2.24) is 25.1 Å². The van der Waals surface area contributed by atoms with E-state index in [0.29, 0.717) is 18.0 Å². The Bertz CT molecular complexity index is 2290. The maximum Gasteiger partial charge on any atom is 0.350 e. The first-order valence-corrected chi connectivity index (χ1v) is 19.7. The molecule has 0 radical (unpaired) electrons. The summed E-state index contributed by atoms with van der Waals surface area (Å²) < 4.78 is 4.03. The minimum atomic E-state index is -1.78. The van der Waals surface area contributed by atoms with Crippen LogP contribution < -0.4 is 31.8 Å². The number of carboxylic acid groups (broad SMARTS) is 2. The molecule has 4 aromatic rings. The number of aliphatic imine (C=N–C) groups is 1. The molecule has 0 bridgehead atoms. The fourth-order valence-corrected chi connectivity index (χ4v) is 8.58. The summed E-state index contributed by atoms with van der Waals surface area (Å²) in [6.07, 6.45) is 5.92. The van der Waals surface area contributed by atoms with Crippen LogP contribution in [0.1, 0.15) is 43.5 Å². The number of nitrogens with one attached hydrogen (secondary N) is 2. The van der Waals surface area contributed by atoms with Crippen LogP contribution in [0.4, 0.5) is 5.13 Å². The number of aliphatic carboxylic acids is 2. The van der Waals surface area contributed by atoms with Crippen LogP contribution in [0.2, 0.25) is 0 Å². The quantitative estimate of drug-likeness (QED) is 0.0399. The molecule has 1 unspecified atom stereocenters. The number of hydrogen-bond donors (Lipinski definition) is 5. The third-order valence-corrected chi connectivity index (χ3v) is 11.8. The summed E-state index contributed by atoms with van der Waals surface area (Å²) in [4.78, 5) is 66.2. The van der Waals surface area contributed by atoms with Crippen molar-refractivity contribution in [3.8, 4) is 0 Å². The number of carbonyl (C=O) groups excluding carboxylic acids is 3. The summed E-state index contributed by atoms with van der Waals surface area (Å²) in [5.74, 6) is -3.61. The molecular formula is C37H40N10O7S2. The molecule has 3 atom stereocenters. The fourth-order valence-electron chi connectivity index (χ4n) is 6.69. The second kappa shape index (κ2) is 15.8. The summed E-state index contributed by atoms with van der Waals surface area (Å²) in [5.41, 5.74) is 13.9. The molecule has 7 N–H and O–H groups in total. The number of benzene rings is 1. The lowest BCUT2D eigenvalue weighted by Crippen LogP contribution is -2.71. The number of nitrogens with zero attached hydrogens (tertiary/aromatic N) is 6. The number of anilines is 1. The number of rotatable bonds is 13. The first-order chi connectivity index (χ1) is 26.8. The largest absolute Gasteiger partial charge is 0.543 e. The number of β-lactam (4-membered cyclic amide) rings is 1. The molecule has 1 aromatic carbocycles. The van der Waals surface area contributed by atoms with E-state index >= 15 is 0 Å². The Morgan fingerprint density at radius 3 is 2.68 bits per heavy atom. The number of piperidine rings is 1. The van der Waals surface area contributed by atoms with E-state index in [2.05, 4.69) is 25.3 Å². The van der Waals surface area contributed by atoms with Crippen LogP contribution in [0.3, 0.4) is 0 Å². The Morgan fingerprint density at radius 1 is 1.21 bits per heavy atom. The highest BCUT2D eigenvalue weighted by Crippen LogP contribution is 2.40. The van der Waals surface area contributed by atoms with Gasteiger partial charge in [0.15, 0.2) is 23.6 Å². The molecular weight excluding hydrogens is 761 g/mol. The van der Waals surface area contributed by atoms with Gasteiger partial charge in [0.05, 0.1) is 17.7 Å². The number of amides is 2. The average Bonchev–Trinajstić information content (AvgIpc) is 3.80. The van der Waals surface area contributed by atoms with E-state index in [0.717, 1.165) is 64.3 Å². The predicted molar refractivity (Wildman–Crippen MR) is 207 cm³/mol. The molecule has 2 amide bonds. The van der Waals surface area contributed by atoms with E-state index in [9.17, 15) is 29.4 Å². The van der Waals surface area contributed by atoms with Gasteiger partial charge in [-0.3, -0.25) is 19.5 Å². The normalized spacial score (nSPS) is 20.4.